The van der Waals surface area contributed by atoms with E-state index in [0.717, 1.165) is 22.4 Å². The Bertz CT molecular complexity index is 1220. The van der Waals surface area contributed by atoms with Crippen molar-refractivity contribution >= 4 is 23.6 Å². The fraction of sp³-hybridized carbons (Fsp3) is 0.214. The van der Waals surface area contributed by atoms with Crippen molar-refractivity contribution in [3.63, 3.8) is 0 Å². The second-order valence-electron chi connectivity index (χ2n) is 8.35. The van der Waals surface area contributed by atoms with E-state index in [-0.39, 0.29) is 12.5 Å². The molecule has 0 spiro atoms. The van der Waals surface area contributed by atoms with Crippen LogP contribution in [-0.2, 0) is 9.53 Å². The van der Waals surface area contributed by atoms with E-state index in [9.17, 15) is 4.79 Å². The number of ether oxygens (including phenoxy) is 2. The highest BCUT2D eigenvalue weighted by atomic mass is 16.5. The molecule has 2 N–H and O–H groups in total. The molecule has 1 amide bonds. The van der Waals surface area contributed by atoms with E-state index in [1.54, 1.807) is 0 Å². The number of nitrogens with zero attached hydrogens (tertiary/aromatic N) is 1. The van der Waals surface area contributed by atoms with Gasteiger partial charge in [0.25, 0.3) is 5.91 Å². The zero-order chi connectivity index (χ0) is 23.4. The van der Waals surface area contributed by atoms with Crippen LogP contribution in [0.5, 0.6) is 5.75 Å². The molecular formula is C28H26N2O4. The van der Waals surface area contributed by atoms with Crippen molar-refractivity contribution in [2.45, 2.75) is 24.5 Å². The lowest BCUT2D eigenvalue weighted by atomic mass is 9.81. The zero-order valence-corrected chi connectivity index (χ0v) is 18.7. The standard InChI is InChI=1S/C28H26N2O4/c31-18-7-19-33-22-15-13-21(14-16-22)26-30-28(17-6-10-20-8-2-1-3-9-20)25(34-26)23-11-4-5-12-24(23)29-27(28)32/h1-6,8-16,25,31H,7,17-19H2,(H,29,32)/b10-6+/t25-,28-/m1/s1. The van der Waals surface area contributed by atoms with Gasteiger partial charge in [0.15, 0.2) is 11.6 Å². The molecule has 2 heterocycles. The molecule has 34 heavy (non-hydrogen) atoms. The maximum absolute atomic E-state index is 13.4. The smallest absolute Gasteiger partial charge is 0.257 e. The predicted octanol–water partition coefficient (Wildman–Crippen LogP) is 4.76. The van der Waals surface area contributed by atoms with Crippen molar-refractivity contribution in [1.29, 1.82) is 0 Å². The van der Waals surface area contributed by atoms with Crippen molar-refractivity contribution in [2.75, 3.05) is 18.5 Å². The number of rotatable bonds is 8. The molecule has 172 valence electrons. The van der Waals surface area contributed by atoms with E-state index in [0.29, 0.717) is 31.1 Å². The number of benzene rings is 3. The summed E-state index contributed by atoms with van der Waals surface area (Å²) in [5, 5.41) is 12.0. The second-order valence-corrected chi connectivity index (χ2v) is 8.35. The van der Waals surface area contributed by atoms with Gasteiger partial charge in [-0.25, -0.2) is 4.99 Å². The summed E-state index contributed by atoms with van der Waals surface area (Å²) >= 11 is 0. The Hall–Kier alpha value is -3.90. The van der Waals surface area contributed by atoms with Crippen LogP contribution < -0.4 is 10.1 Å². The maximum atomic E-state index is 13.4. The maximum Gasteiger partial charge on any atom is 0.257 e. The van der Waals surface area contributed by atoms with Gasteiger partial charge in [0.1, 0.15) is 5.75 Å². The number of amides is 1. The molecule has 2 aliphatic heterocycles. The van der Waals surface area contributed by atoms with Gasteiger partial charge in [-0.05, 0) is 35.9 Å². The van der Waals surface area contributed by atoms with Gasteiger partial charge >= 0.3 is 0 Å². The van der Waals surface area contributed by atoms with E-state index in [2.05, 4.69) is 5.32 Å². The first-order valence-corrected chi connectivity index (χ1v) is 11.4. The van der Waals surface area contributed by atoms with Crippen LogP contribution in [0, 0.1) is 0 Å². The monoisotopic (exact) mass is 454 g/mol. The molecule has 0 aliphatic carbocycles. The van der Waals surface area contributed by atoms with Crippen LogP contribution in [0.25, 0.3) is 6.08 Å². The van der Waals surface area contributed by atoms with Crippen molar-refractivity contribution in [1.82, 2.24) is 0 Å². The molecule has 3 aromatic carbocycles. The quantitative estimate of drug-likeness (QED) is 0.481. The number of fused-ring (bicyclic) bond motifs is 3. The molecule has 0 saturated carbocycles. The van der Waals surface area contributed by atoms with Gasteiger partial charge < -0.3 is 19.9 Å². The Labute approximate surface area is 198 Å². The molecule has 0 fully saturated rings. The van der Waals surface area contributed by atoms with Crippen LogP contribution in [0.3, 0.4) is 0 Å². The van der Waals surface area contributed by atoms with Crippen molar-refractivity contribution in [2.24, 2.45) is 4.99 Å². The number of aliphatic hydroxyl groups is 1. The number of aliphatic hydroxyl groups excluding tert-OH is 1. The SMILES string of the molecule is O=C1Nc2ccccc2[C@H]2OC(c3ccc(OCCCO)cc3)=N[C@@]12C/C=C/c1ccccc1. The number of aliphatic imine (C=N–C) groups is 1. The molecule has 0 bridgehead atoms. The van der Waals surface area contributed by atoms with E-state index in [1.807, 2.05) is 91.0 Å². The van der Waals surface area contributed by atoms with E-state index in [4.69, 9.17) is 19.6 Å². The normalized spacial score (nSPS) is 20.8. The number of carbonyl (C=O) groups excluding carboxylic acids is 1. The average molecular weight is 455 g/mol. The minimum Gasteiger partial charge on any atom is -0.494 e. The fourth-order valence-corrected chi connectivity index (χ4v) is 4.30. The molecule has 6 heteroatoms. The highest BCUT2D eigenvalue weighted by Crippen LogP contribution is 2.48. The third-order valence-corrected chi connectivity index (χ3v) is 6.06. The van der Waals surface area contributed by atoms with Crippen molar-refractivity contribution in [3.05, 3.63) is 102 Å². The Kier molecular flexibility index (Phi) is 6.14. The van der Waals surface area contributed by atoms with Gasteiger partial charge in [0.2, 0.25) is 5.90 Å². The molecule has 2 atom stereocenters. The summed E-state index contributed by atoms with van der Waals surface area (Å²) in [6.07, 6.45) is 4.45. The average Bonchev–Trinajstić information content (AvgIpc) is 3.27. The van der Waals surface area contributed by atoms with Gasteiger partial charge in [-0.2, -0.15) is 0 Å². The van der Waals surface area contributed by atoms with Crippen LogP contribution in [0.1, 0.15) is 35.6 Å². The number of hydrogen-bond donors (Lipinski definition) is 2. The summed E-state index contributed by atoms with van der Waals surface area (Å²) in [4.78, 5) is 18.3. The third kappa shape index (κ3) is 4.20. The Balaban J connectivity index is 1.46. The van der Waals surface area contributed by atoms with Crippen LogP contribution in [0.4, 0.5) is 5.69 Å². The summed E-state index contributed by atoms with van der Waals surface area (Å²) in [7, 11) is 0. The van der Waals surface area contributed by atoms with Gasteiger partial charge in [-0.15, -0.1) is 0 Å². The lowest BCUT2D eigenvalue weighted by molar-refractivity contribution is -0.124. The molecular weight excluding hydrogens is 428 g/mol. The Morgan fingerprint density at radius 1 is 1.03 bits per heavy atom. The molecule has 5 rings (SSSR count). The van der Waals surface area contributed by atoms with E-state index < -0.39 is 11.6 Å². The van der Waals surface area contributed by atoms with Crippen LogP contribution in [-0.4, -0.2) is 35.7 Å². The van der Waals surface area contributed by atoms with E-state index in [1.165, 1.54) is 0 Å². The number of hydrogen-bond acceptors (Lipinski definition) is 5. The Morgan fingerprint density at radius 3 is 2.59 bits per heavy atom. The predicted molar refractivity (Wildman–Crippen MR) is 132 cm³/mol. The molecule has 0 aromatic heterocycles. The molecule has 0 unspecified atom stereocenters. The minimum atomic E-state index is -1.09. The van der Waals surface area contributed by atoms with Crippen molar-refractivity contribution < 1.29 is 19.4 Å². The molecule has 0 radical (unpaired) electrons. The molecule has 6 nitrogen and oxygen atoms in total. The second kappa shape index (κ2) is 9.53. The van der Waals surface area contributed by atoms with Gasteiger partial charge in [-0.1, -0.05) is 60.7 Å². The van der Waals surface area contributed by atoms with Gasteiger partial charge in [0.05, 0.1) is 6.61 Å². The van der Waals surface area contributed by atoms with Crippen LogP contribution in [0.2, 0.25) is 0 Å². The molecule has 3 aromatic rings. The summed E-state index contributed by atoms with van der Waals surface area (Å²) in [6.45, 7) is 0.539. The first-order chi connectivity index (χ1) is 16.7. The molecule has 2 aliphatic rings. The van der Waals surface area contributed by atoms with E-state index >= 15 is 0 Å². The zero-order valence-electron chi connectivity index (χ0n) is 18.7. The van der Waals surface area contributed by atoms with Crippen molar-refractivity contribution in [3.8, 4) is 5.75 Å². The van der Waals surface area contributed by atoms with Gasteiger partial charge in [0, 0.05) is 36.3 Å². The third-order valence-electron chi connectivity index (χ3n) is 6.06. The lowest BCUT2D eigenvalue weighted by Crippen LogP contribution is -2.47. The number of carbonyl (C=O) groups is 1. The highest BCUT2D eigenvalue weighted by Gasteiger charge is 2.55. The highest BCUT2D eigenvalue weighted by molar-refractivity contribution is 6.07. The number of anilines is 1. The fourth-order valence-electron chi connectivity index (χ4n) is 4.30. The summed E-state index contributed by atoms with van der Waals surface area (Å²) < 4.78 is 12.0. The van der Waals surface area contributed by atoms with Crippen LogP contribution in [0.15, 0.2) is 89.9 Å². The topological polar surface area (TPSA) is 80.2 Å². The minimum absolute atomic E-state index is 0.0917. The molecule has 0 saturated heterocycles. The van der Waals surface area contributed by atoms with Crippen LogP contribution >= 0.6 is 0 Å². The Morgan fingerprint density at radius 2 is 1.79 bits per heavy atom. The first kappa shape index (κ1) is 21.9. The lowest BCUT2D eigenvalue weighted by Gasteiger charge is -2.35. The summed E-state index contributed by atoms with van der Waals surface area (Å²) in [5.41, 5.74) is 2.42. The number of para-hydroxylation sites is 1. The number of nitrogens with one attached hydrogen (secondary N) is 1. The first-order valence-electron chi connectivity index (χ1n) is 11.4. The summed E-state index contributed by atoms with van der Waals surface area (Å²) in [6, 6.07) is 25.1. The largest absolute Gasteiger partial charge is 0.494 e. The summed E-state index contributed by atoms with van der Waals surface area (Å²) in [5.74, 6) is 0.969. The van der Waals surface area contributed by atoms with Gasteiger partial charge in [-0.3, -0.25) is 4.79 Å².